The van der Waals surface area contributed by atoms with Crippen molar-refractivity contribution in [1.29, 1.82) is 0 Å². The molecule has 1 N–H and O–H groups in total. The first-order valence-corrected chi connectivity index (χ1v) is 9.38. The average Bonchev–Trinajstić information content (AvgIpc) is 3.16. The maximum Gasteiger partial charge on any atom is 0.317 e. The summed E-state index contributed by atoms with van der Waals surface area (Å²) in [4.78, 5) is 13.5. The van der Waals surface area contributed by atoms with Gasteiger partial charge in [-0.15, -0.1) is 11.3 Å². The molecule has 6 heteroatoms. The van der Waals surface area contributed by atoms with Gasteiger partial charge in [-0.05, 0) is 53.9 Å². The third-order valence-electron chi connectivity index (χ3n) is 4.08. The van der Waals surface area contributed by atoms with Crippen LogP contribution in [0.2, 0.25) is 0 Å². The van der Waals surface area contributed by atoms with Crippen LogP contribution >= 0.6 is 11.3 Å². The Morgan fingerprint density at radius 3 is 2.56 bits per heavy atom. The Labute approximate surface area is 161 Å². The third-order valence-corrected chi connectivity index (χ3v) is 4.98. The van der Waals surface area contributed by atoms with Gasteiger partial charge in [-0.1, -0.05) is 24.3 Å². The number of thiophene rings is 1. The molecule has 0 unspecified atom stereocenters. The lowest BCUT2D eigenvalue weighted by molar-refractivity contribution is -0.138. The molecule has 3 aromatic rings. The summed E-state index contributed by atoms with van der Waals surface area (Å²) in [5.41, 5.74) is 2.88. The van der Waals surface area contributed by atoms with Gasteiger partial charge in [0.2, 0.25) is 0 Å². The largest absolute Gasteiger partial charge is 0.492 e. The molecule has 0 fully saturated rings. The van der Waals surface area contributed by atoms with E-state index in [4.69, 9.17) is 9.84 Å². The Morgan fingerprint density at radius 1 is 1.15 bits per heavy atom. The molecule has 1 heterocycles. The van der Waals surface area contributed by atoms with E-state index >= 15 is 0 Å². The standard InChI is InChI=1S/C21H20FNO3S/c1-23(14-21(24)25)10-11-26-19-9-6-16(15-4-7-17(22)8-5-15)13-18(19)20-3-2-12-27-20/h2-9,12-13H,10-11,14H2,1H3,(H,24,25). The quantitative estimate of drug-likeness (QED) is 0.615. The van der Waals surface area contributed by atoms with Crippen LogP contribution in [0.1, 0.15) is 0 Å². The van der Waals surface area contributed by atoms with E-state index in [1.165, 1.54) is 12.1 Å². The van der Waals surface area contributed by atoms with Gasteiger partial charge in [0.05, 0.1) is 6.54 Å². The number of aliphatic carboxylic acids is 1. The van der Waals surface area contributed by atoms with Crippen LogP contribution in [-0.4, -0.2) is 42.7 Å². The zero-order valence-electron chi connectivity index (χ0n) is 14.9. The molecule has 0 atom stereocenters. The van der Waals surface area contributed by atoms with Gasteiger partial charge in [-0.2, -0.15) is 0 Å². The highest BCUT2D eigenvalue weighted by Crippen LogP contribution is 2.36. The van der Waals surface area contributed by atoms with Crippen LogP contribution in [0.3, 0.4) is 0 Å². The Balaban J connectivity index is 1.81. The lowest BCUT2D eigenvalue weighted by Gasteiger charge is -2.16. The summed E-state index contributed by atoms with van der Waals surface area (Å²) >= 11 is 1.62. The van der Waals surface area contributed by atoms with Crippen LogP contribution in [0.25, 0.3) is 21.6 Å². The van der Waals surface area contributed by atoms with Crippen LogP contribution in [0.5, 0.6) is 5.75 Å². The van der Waals surface area contributed by atoms with Crippen molar-refractivity contribution in [2.24, 2.45) is 0 Å². The normalized spacial score (nSPS) is 10.9. The van der Waals surface area contributed by atoms with Gasteiger partial charge < -0.3 is 9.84 Å². The molecule has 0 saturated carbocycles. The van der Waals surface area contributed by atoms with Gasteiger partial charge in [0, 0.05) is 17.0 Å². The first kappa shape index (κ1) is 19.1. The Morgan fingerprint density at radius 2 is 1.89 bits per heavy atom. The van der Waals surface area contributed by atoms with E-state index in [-0.39, 0.29) is 12.4 Å². The monoisotopic (exact) mass is 385 g/mol. The molecule has 2 aromatic carbocycles. The lowest BCUT2D eigenvalue weighted by Crippen LogP contribution is -2.29. The molecule has 3 rings (SSSR count). The predicted molar refractivity (Wildman–Crippen MR) is 106 cm³/mol. The molecular formula is C21H20FNO3S. The first-order chi connectivity index (χ1) is 13.0. The van der Waals surface area contributed by atoms with Crippen molar-refractivity contribution in [3.63, 3.8) is 0 Å². The van der Waals surface area contributed by atoms with E-state index in [0.29, 0.717) is 13.2 Å². The summed E-state index contributed by atoms with van der Waals surface area (Å²) in [7, 11) is 1.75. The SMILES string of the molecule is CN(CCOc1ccc(-c2ccc(F)cc2)cc1-c1cccs1)CC(=O)O. The average molecular weight is 385 g/mol. The fraction of sp³-hybridized carbons (Fsp3) is 0.190. The van der Waals surface area contributed by atoms with Gasteiger partial charge in [-0.3, -0.25) is 9.69 Å². The molecular weight excluding hydrogens is 365 g/mol. The van der Waals surface area contributed by atoms with Gasteiger partial charge in [-0.25, -0.2) is 4.39 Å². The van der Waals surface area contributed by atoms with Crippen molar-refractivity contribution in [2.75, 3.05) is 26.7 Å². The Kier molecular flexibility index (Phi) is 6.21. The topological polar surface area (TPSA) is 49.8 Å². The second-order valence-electron chi connectivity index (χ2n) is 6.18. The minimum Gasteiger partial charge on any atom is -0.492 e. The summed E-state index contributed by atoms with van der Waals surface area (Å²) in [6.45, 7) is 0.874. The number of halogens is 1. The number of carboxylic acids is 1. The minimum absolute atomic E-state index is 0.0232. The molecule has 27 heavy (non-hydrogen) atoms. The van der Waals surface area contributed by atoms with Crippen LogP contribution < -0.4 is 4.74 Å². The van der Waals surface area contributed by atoms with Gasteiger partial charge in [0.25, 0.3) is 0 Å². The molecule has 0 radical (unpaired) electrons. The van der Waals surface area contributed by atoms with Crippen LogP contribution in [0.4, 0.5) is 4.39 Å². The molecule has 4 nitrogen and oxygen atoms in total. The number of ether oxygens (including phenoxy) is 1. The van der Waals surface area contributed by atoms with Crippen molar-refractivity contribution < 1.29 is 19.0 Å². The zero-order valence-corrected chi connectivity index (χ0v) is 15.7. The van der Waals surface area contributed by atoms with Crippen LogP contribution in [-0.2, 0) is 4.79 Å². The van der Waals surface area contributed by atoms with E-state index in [1.54, 1.807) is 35.4 Å². The summed E-state index contributed by atoms with van der Waals surface area (Å²) in [6, 6.07) is 16.3. The summed E-state index contributed by atoms with van der Waals surface area (Å²) in [5.74, 6) is -0.380. The molecule has 140 valence electrons. The third kappa shape index (κ3) is 5.15. The molecule has 0 aliphatic heterocycles. The van der Waals surface area contributed by atoms with E-state index in [1.807, 2.05) is 35.7 Å². The highest BCUT2D eigenvalue weighted by Gasteiger charge is 2.11. The fourth-order valence-corrected chi connectivity index (χ4v) is 3.47. The van der Waals surface area contributed by atoms with Crippen LogP contribution in [0.15, 0.2) is 60.0 Å². The number of hydrogen-bond donors (Lipinski definition) is 1. The summed E-state index contributed by atoms with van der Waals surface area (Å²) in [5, 5.41) is 10.8. The molecule has 0 aliphatic carbocycles. The van der Waals surface area contributed by atoms with Crippen molar-refractivity contribution in [3.05, 3.63) is 65.8 Å². The Hall–Kier alpha value is -2.70. The molecule has 0 spiro atoms. The summed E-state index contributed by atoms with van der Waals surface area (Å²) < 4.78 is 19.1. The number of hydrogen-bond acceptors (Lipinski definition) is 4. The number of carbonyl (C=O) groups is 1. The van der Waals surface area contributed by atoms with Crippen LogP contribution in [0, 0.1) is 5.82 Å². The van der Waals surface area contributed by atoms with E-state index in [0.717, 1.165) is 27.3 Å². The predicted octanol–water partition coefficient (Wildman–Crippen LogP) is 4.62. The first-order valence-electron chi connectivity index (χ1n) is 8.50. The smallest absolute Gasteiger partial charge is 0.317 e. The minimum atomic E-state index is -0.861. The second-order valence-corrected chi connectivity index (χ2v) is 7.12. The van der Waals surface area contributed by atoms with Crippen molar-refractivity contribution in [3.8, 4) is 27.3 Å². The lowest BCUT2D eigenvalue weighted by atomic mass is 10.0. The highest BCUT2D eigenvalue weighted by atomic mass is 32.1. The summed E-state index contributed by atoms with van der Waals surface area (Å²) in [6.07, 6.45) is 0. The van der Waals surface area contributed by atoms with E-state index in [9.17, 15) is 9.18 Å². The van der Waals surface area contributed by atoms with Crippen molar-refractivity contribution in [1.82, 2.24) is 4.90 Å². The number of likely N-dealkylation sites (N-methyl/N-ethyl adjacent to an activating group) is 1. The second kappa shape index (κ2) is 8.79. The van der Waals surface area contributed by atoms with Gasteiger partial charge in [0.1, 0.15) is 18.2 Å². The van der Waals surface area contributed by atoms with E-state index < -0.39 is 5.97 Å². The van der Waals surface area contributed by atoms with Gasteiger partial charge in [0.15, 0.2) is 0 Å². The van der Waals surface area contributed by atoms with Crippen molar-refractivity contribution in [2.45, 2.75) is 0 Å². The zero-order chi connectivity index (χ0) is 19.2. The number of nitrogens with zero attached hydrogens (tertiary/aromatic N) is 1. The molecule has 0 aliphatic rings. The maximum absolute atomic E-state index is 13.2. The molecule has 0 bridgehead atoms. The number of carboxylic acid groups (broad SMARTS) is 1. The Bertz CT molecular complexity index is 894. The maximum atomic E-state index is 13.2. The number of rotatable bonds is 8. The molecule has 1 aromatic heterocycles. The fourth-order valence-electron chi connectivity index (χ4n) is 2.72. The van der Waals surface area contributed by atoms with Gasteiger partial charge >= 0.3 is 5.97 Å². The molecule has 0 amide bonds. The van der Waals surface area contributed by atoms with E-state index in [2.05, 4.69) is 0 Å². The van der Waals surface area contributed by atoms with Crippen molar-refractivity contribution >= 4 is 17.3 Å². The number of benzene rings is 2. The highest BCUT2D eigenvalue weighted by molar-refractivity contribution is 7.13. The molecule has 0 saturated heterocycles.